The Kier molecular flexibility index (Phi) is 3.83. The Morgan fingerprint density at radius 1 is 1.35 bits per heavy atom. The molecular formula is C17H18ClN3O2. The van der Waals surface area contributed by atoms with Crippen LogP contribution >= 0.6 is 11.6 Å². The topological polar surface area (TPSA) is 58.4 Å². The summed E-state index contributed by atoms with van der Waals surface area (Å²) in [6.45, 7) is 2.11. The molecule has 1 aromatic carbocycles. The quantitative estimate of drug-likeness (QED) is 0.939. The summed E-state index contributed by atoms with van der Waals surface area (Å²) < 4.78 is 5.30. The van der Waals surface area contributed by atoms with Gasteiger partial charge in [-0.25, -0.2) is 0 Å². The van der Waals surface area contributed by atoms with E-state index in [1.54, 1.807) is 6.07 Å². The van der Waals surface area contributed by atoms with Crippen LogP contribution in [0.25, 0.3) is 0 Å². The van der Waals surface area contributed by atoms with Gasteiger partial charge >= 0.3 is 0 Å². The molecule has 1 aliphatic carbocycles. The number of carbonyl (C=O) groups excluding carboxylic acids is 1. The molecule has 2 aliphatic rings. The van der Waals surface area contributed by atoms with E-state index in [1.165, 1.54) is 0 Å². The van der Waals surface area contributed by atoms with Crippen LogP contribution in [0.2, 0.25) is 5.02 Å². The third-order valence-corrected chi connectivity index (χ3v) is 4.71. The monoisotopic (exact) mass is 331 g/mol. The molecule has 1 atom stereocenters. The maximum atomic E-state index is 12.9. The first kappa shape index (κ1) is 14.7. The highest BCUT2D eigenvalue weighted by Crippen LogP contribution is 2.39. The van der Waals surface area contributed by atoms with Crippen molar-refractivity contribution in [2.45, 2.75) is 24.8 Å². The van der Waals surface area contributed by atoms with Gasteiger partial charge in [-0.3, -0.25) is 4.79 Å². The van der Waals surface area contributed by atoms with Gasteiger partial charge in [0.05, 0.1) is 11.7 Å². The standard InChI is InChI=1S/C17H18ClN3O2/c18-13-3-1-2-12(8-13)15-10-19-6-7-21(15)17(22)16-9-14(20-23-16)11-4-5-11/h1-3,8-9,11,15,19H,4-7,10H2. The van der Waals surface area contributed by atoms with Crippen LogP contribution in [-0.4, -0.2) is 35.6 Å². The van der Waals surface area contributed by atoms with Gasteiger partial charge in [0.2, 0.25) is 5.76 Å². The molecule has 120 valence electrons. The van der Waals surface area contributed by atoms with Gasteiger partial charge in [0, 0.05) is 36.6 Å². The van der Waals surface area contributed by atoms with Crippen molar-refractivity contribution >= 4 is 17.5 Å². The van der Waals surface area contributed by atoms with Gasteiger partial charge in [-0.15, -0.1) is 0 Å². The van der Waals surface area contributed by atoms with Gasteiger partial charge in [0.1, 0.15) is 0 Å². The predicted molar refractivity (Wildman–Crippen MR) is 86.6 cm³/mol. The molecule has 1 aromatic heterocycles. The van der Waals surface area contributed by atoms with E-state index in [9.17, 15) is 4.79 Å². The molecule has 0 bridgehead atoms. The summed E-state index contributed by atoms with van der Waals surface area (Å²) in [5.74, 6) is 0.712. The van der Waals surface area contributed by atoms with Crippen LogP contribution in [-0.2, 0) is 0 Å². The normalized spacial score (nSPS) is 21.4. The lowest BCUT2D eigenvalue weighted by molar-refractivity contribution is 0.0592. The van der Waals surface area contributed by atoms with Crippen LogP contribution in [0.3, 0.4) is 0 Å². The molecular weight excluding hydrogens is 314 g/mol. The van der Waals surface area contributed by atoms with Crippen LogP contribution in [0.4, 0.5) is 0 Å². The van der Waals surface area contributed by atoms with Gasteiger partial charge in [-0.1, -0.05) is 28.9 Å². The fraction of sp³-hybridized carbons (Fsp3) is 0.412. The zero-order valence-electron chi connectivity index (χ0n) is 12.7. The number of piperazine rings is 1. The first-order valence-electron chi connectivity index (χ1n) is 7.96. The molecule has 1 aliphatic heterocycles. The second-order valence-corrected chi connectivity index (χ2v) is 6.60. The fourth-order valence-corrected chi connectivity index (χ4v) is 3.26. The third-order valence-electron chi connectivity index (χ3n) is 4.47. The van der Waals surface area contributed by atoms with E-state index in [1.807, 2.05) is 29.2 Å². The van der Waals surface area contributed by atoms with Crippen molar-refractivity contribution < 1.29 is 9.32 Å². The van der Waals surface area contributed by atoms with E-state index < -0.39 is 0 Å². The van der Waals surface area contributed by atoms with Gasteiger partial charge in [-0.05, 0) is 30.5 Å². The van der Waals surface area contributed by atoms with Crippen LogP contribution < -0.4 is 5.32 Å². The summed E-state index contributed by atoms with van der Waals surface area (Å²) in [5, 5.41) is 8.06. The van der Waals surface area contributed by atoms with Crippen LogP contribution in [0.15, 0.2) is 34.9 Å². The first-order valence-corrected chi connectivity index (χ1v) is 8.34. The zero-order chi connectivity index (χ0) is 15.8. The molecule has 1 saturated heterocycles. The summed E-state index contributed by atoms with van der Waals surface area (Å²) in [7, 11) is 0. The number of hydrogen-bond acceptors (Lipinski definition) is 4. The number of hydrogen-bond donors (Lipinski definition) is 1. The number of aromatic nitrogens is 1. The van der Waals surface area contributed by atoms with E-state index in [-0.39, 0.29) is 11.9 Å². The predicted octanol–water partition coefficient (Wildman–Crippen LogP) is 2.99. The van der Waals surface area contributed by atoms with Crippen molar-refractivity contribution in [2.24, 2.45) is 0 Å². The smallest absolute Gasteiger partial charge is 0.293 e. The summed E-state index contributed by atoms with van der Waals surface area (Å²) in [4.78, 5) is 14.7. The molecule has 23 heavy (non-hydrogen) atoms. The van der Waals surface area contributed by atoms with E-state index >= 15 is 0 Å². The number of amides is 1. The molecule has 0 spiro atoms. The van der Waals surface area contributed by atoms with Gasteiger partial charge in [-0.2, -0.15) is 0 Å². The molecule has 1 saturated carbocycles. The van der Waals surface area contributed by atoms with Gasteiger partial charge in [0.15, 0.2) is 0 Å². The lowest BCUT2D eigenvalue weighted by Crippen LogP contribution is -2.48. The largest absolute Gasteiger partial charge is 0.351 e. The average Bonchev–Trinajstić information content (AvgIpc) is 3.31. The first-order chi connectivity index (χ1) is 11.2. The fourth-order valence-electron chi connectivity index (χ4n) is 3.06. The Balaban J connectivity index is 1.59. The number of halogens is 1. The van der Waals surface area contributed by atoms with Crippen molar-refractivity contribution in [3.05, 3.63) is 52.4 Å². The molecule has 5 nitrogen and oxygen atoms in total. The van der Waals surface area contributed by atoms with Crippen molar-refractivity contribution in [3.63, 3.8) is 0 Å². The Morgan fingerprint density at radius 3 is 3.00 bits per heavy atom. The Morgan fingerprint density at radius 2 is 2.22 bits per heavy atom. The minimum atomic E-state index is -0.101. The van der Waals surface area contributed by atoms with Crippen molar-refractivity contribution in [2.75, 3.05) is 19.6 Å². The highest BCUT2D eigenvalue weighted by molar-refractivity contribution is 6.30. The minimum Gasteiger partial charge on any atom is -0.351 e. The lowest BCUT2D eigenvalue weighted by Gasteiger charge is -2.36. The summed E-state index contributed by atoms with van der Waals surface area (Å²) in [6, 6.07) is 9.41. The van der Waals surface area contributed by atoms with Crippen molar-refractivity contribution in [1.29, 1.82) is 0 Å². The number of rotatable bonds is 3. The Bertz CT molecular complexity index is 726. The van der Waals surface area contributed by atoms with E-state index in [4.69, 9.17) is 16.1 Å². The summed E-state index contributed by atoms with van der Waals surface area (Å²) in [6.07, 6.45) is 2.28. The molecule has 1 amide bonds. The Labute approximate surface area is 139 Å². The second-order valence-electron chi connectivity index (χ2n) is 6.16. The average molecular weight is 332 g/mol. The molecule has 2 aromatic rings. The van der Waals surface area contributed by atoms with Crippen LogP contribution in [0, 0.1) is 0 Å². The highest BCUT2D eigenvalue weighted by Gasteiger charge is 2.33. The van der Waals surface area contributed by atoms with Crippen LogP contribution in [0.1, 0.15) is 46.6 Å². The maximum absolute atomic E-state index is 12.9. The third kappa shape index (κ3) is 2.99. The number of nitrogens with zero attached hydrogens (tertiary/aromatic N) is 2. The molecule has 2 fully saturated rings. The SMILES string of the molecule is O=C(c1cc(C2CC2)no1)N1CCNCC1c1cccc(Cl)c1. The van der Waals surface area contributed by atoms with E-state index in [0.29, 0.717) is 29.8 Å². The van der Waals surface area contributed by atoms with E-state index in [0.717, 1.165) is 30.6 Å². The molecule has 0 radical (unpaired) electrons. The molecule has 1 N–H and O–H groups in total. The summed E-state index contributed by atoms with van der Waals surface area (Å²) >= 11 is 6.10. The molecule has 2 heterocycles. The van der Waals surface area contributed by atoms with E-state index in [2.05, 4.69) is 10.5 Å². The highest BCUT2D eigenvalue weighted by atomic mass is 35.5. The van der Waals surface area contributed by atoms with Crippen molar-refractivity contribution in [3.8, 4) is 0 Å². The number of benzene rings is 1. The number of nitrogens with one attached hydrogen (secondary N) is 1. The Hall–Kier alpha value is -1.85. The molecule has 6 heteroatoms. The summed E-state index contributed by atoms with van der Waals surface area (Å²) in [5.41, 5.74) is 1.93. The second kappa shape index (κ2) is 5.98. The zero-order valence-corrected chi connectivity index (χ0v) is 13.4. The lowest BCUT2D eigenvalue weighted by atomic mass is 10.0. The van der Waals surface area contributed by atoms with Gasteiger partial charge in [0.25, 0.3) is 5.91 Å². The van der Waals surface area contributed by atoms with Crippen LogP contribution in [0.5, 0.6) is 0 Å². The minimum absolute atomic E-state index is 0.0515. The molecule has 4 rings (SSSR count). The maximum Gasteiger partial charge on any atom is 0.293 e. The van der Waals surface area contributed by atoms with Gasteiger partial charge < -0.3 is 14.7 Å². The molecule has 1 unspecified atom stereocenters. The number of carbonyl (C=O) groups is 1. The van der Waals surface area contributed by atoms with Crippen molar-refractivity contribution in [1.82, 2.24) is 15.4 Å².